The van der Waals surface area contributed by atoms with E-state index in [1.807, 2.05) is 24.3 Å². The van der Waals surface area contributed by atoms with Gasteiger partial charge in [-0.15, -0.1) is 0 Å². The van der Waals surface area contributed by atoms with Gasteiger partial charge in [0.25, 0.3) is 0 Å². The Labute approximate surface area is 136 Å². The normalized spacial score (nSPS) is 19.1. The lowest BCUT2D eigenvalue weighted by atomic mass is 9.94. The van der Waals surface area contributed by atoms with Crippen LogP contribution in [-0.2, 0) is 20.7 Å². The van der Waals surface area contributed by atoms with Crippen LogP contribution in [0.3, 0.4) is 0 Å². The standard InChI is InChI=1S/C18H24O5/c1-12(18(22)23-16(10-19)11-20)14-7-5-13(6-8-14)9-15-3-2-4-17(15)21/h5-8,12,15-16,19-20H,2-4,9-11H2,1H3/t12-,15?/m1/s1. The second-order valence-electron chi connectivity index (χ2n) is 6.15. The first-order valence-corrected chi connectivity index (χ1v) is 8.09. The Bertz CT molecular complexity index is 533. The first-order chi connectivity index (χ1) is 11.0. The van der Waals surface area contributed by atoms with Crippen molar-refractivity contribution in [3.8, 4) is 0 Å². The predicted molar refractivity (Wildman–Crippen MR) is 85.0 cm³/mol. The predicted octanol–water partition coefficient (Wildman–Crippen LogP) is 1.60. The number of rotatable bonds is 7. The van der Waals surface area contributed by atoms with E-state index in [4.69, 9.17) is 14.9 Å². The van der Waals surface area contributed by atoms with Crippen molar-refractivity contribution in [1.29, 1.82) is 0 Å². The SMILES string of the molecule is C[C@@H](C(=O)OC(CO)CO)c1ccc(CC2CCCC2=O)cc1. The summed E-state index contributed by atoms with van der Waals surface area (Å²) in [4.78, 5) is 23.7. The summed E-state index contributed by atoms with van der Waals surface area (Å²) in [6, 6.07) is 7.63. The first kappa shape index (κ1) is 17.6. The zero-order valence-electron chi connectivity index (χ0n) is 13.4. The minimum Gasteiger partial charge on any atom is -0.457 e. The smallest absolute Gasteiger partial charge is 0.313 e. The number of aliphatic hydroxyl groups excluding tert-OH is 2. The average Bonchev–Trinajstić information content (AvgIpc) is 2.97. The number of hydrogen-bond donors (Lipinski definition) is 2. The van der Waals surface area contributed by atoms with Gasteiger partial charge in [-0.25, -0.2) is 0 Å². The number of hydrogen-bond acceptors (Lipinski definition) is 5. The fraction of sp³-hybridized carbons (Fsp3) is 0.556. The molecule has 0 aliphatic heterocycles. The molecule has 0 amide bonds. The van der Waals surface area contributed by atoms with E-state index < -0.39 is 31.2 Å². The highest BCUT2D eigenvalue weighted by molar-refractivity contribution is 5.83. The van der Waals surface area contributed by atoms with Gasteiger partial charge in [-0.05, 0) is 37.3 Å². The van der Waals surface area contributed by atoms with E-state index in [0.29, 0.717) is 12.2 Å². The van der Waals surface area contributed by atoms with Gasteiger partial charge in [-0.3, -0.25) is 9.59 Å². The van der Waals surface area contributed by atoms with Crippen molar-refractivity contribution in [2.24, 2.45) is 5.92 Å². The van der Waals surface area contributed by atoms with E-state index in [1.54, 1.807) is 6.92 Å². The lowest BCUT2D eigenvalue weighted by molar-refractivity contribution is -0.154. The van der Waals surface area contributed by atoms with Crippen LogP contribution in [0, 0.1) is 5.92 Å². The van der Waals surface area contributed by atoms with Gasteiger partial charge in [0.15, 0.2) is 0 Å². The highest BCUT2D eigenvalue weighted by Crippen LogP contribution is 2.26. The Morgan fingerprint density at radius 1 is 1.26 bits per heavy atom. The van der Waals surface area contributed by atoms with Crippen LogP contribution < -0.4 is 0 Å². The van der Waals surface area contributed by atoms with Crippen LogP contribution >= 0.6 is 0 Å². The highest BCUT2D eigenvalue weighted by Gasteiger charge is 2.25. The molecular weight excluding hydrogens is 296 g/mol. The number of benzene rings is 1. The Balaban J connectivity index is 1.95. The quantitative estimate of drug-likeness (QED) is 0.746. The molecule has 1 aliphatic rings. The monoisotopic (exact) mass is 320 g/mol. The number of ketones is 1. The minimum absolute atomic E-state index is 0.137. The first-order valence-electron chi connectivity index (χ1n) is 8.09. The minimum atomic E-state index is -0.877. The number of Topliss-reactive ketones (excluding diaryl/α,β-unsaturated/α-hetero) is 1. The second kappa shape index (κ2) is 8.22. The number of carbonyl (C=O) groups is 2. The van der Waals surface area contributed by atoms with Gasteiger partial charge in [-0.2, -0.15) is 0 Å². The van der Waals surface area contributed by atoms with Gasteiger partial charge in [0.05, 0.1) is 19.1 Å². The molecule has 0 heterocycles. The largest absolute Gasteiger partial charge is 0.457 e. The summed E-state index contributed by atoms with van der Waals surface area (Å²) in [5.41, 5.74) is 1.91. The van der Waals surface area contributed by atoms with Crippen molar-refractivity contribution in [2.45, 2.75) is 44.6 Å². The van der Waals surface area contributed by atoms with Crippen LogP contribution in [0.1, 0.15) is 43.2 Å². The highest BCUT2D eigenvalue weighted by atomic mass is 16.6. The number of aliphatic hydroxyl groups is 2. The summed E-state index contributed by atoms with van der Waals surface area (Å²) in [5.74, 6) is -0.460. The molecule has 2 rings (SSSR count). The fourth-order valence-electron chi connectivity index (χ4n) is 2.87. The van der Waals surface area contributed by atoms with Crippen LogP contribution in [-0.4, -0.2) is 41.3 Å². The maximum Gasteiger partial charge on any atom is 0.313 e. The summed E-state index contributed by atoms with van der Waals surface area (Å²) in [6.45, 7) is 0.927. The van der Waals surface area contributed by atoms with E-state index in [1.165, 1.54) is 0 Å². The summed E-state index contributed by atoms with van der Waals surface area (Å²) >= 11 is 0. The maximum atomic E-state index is 12.0. The molecule has 0 bridgehead atoms. The van der Waals surface area contributed by atoms with E-state index in [-0.39, 0.29) is 5.92 Å². The Kier molecular flexibility index (Phi) is 6.30. The summed E-state index contributed by atoms with van der Waals surface area (Å²) in [7, 11) is 0. The molecule has 0 radical (unpaired) electrons. The second-order valence-corrected chi connectivity index (χ2v) is 6.15. The molecule has 1 aromatic rings. The van der Waals surface area contributed by atoms with Gasteiger partial charge >= 0.3 is 5.97 Å². The van der Waals surface area contributed by atoms with Gasteiger partial charge in [0.1, 0.15) is 11.9 Å². The van der Waals surface area contributed by atoms with Crippen molar-refractivity contribution in [1.82, 2.24) is 0 Å². The van der Waals surface area contributed by atoms with E-state index in [2.05, 4.69) is 0 Å². The molecule has 2 N–H and O–H groups in total. The topological polar surface area (TPSA) is 83.8 Å². The Hall–Kier alpha value is -1.72. The van der Waals surface area contributed by atoms with Crippen molar-refractivity contribution in [2.75, 3.05) is 13.2 Å². The van der Waals surface area contributed by atoms with Crippen LogP contribution in [0.2, 0.25) is 0 Å². The lowest BCUT2D eigenvalue weighted by Gasteiger charge is -2.17. The molecule has 126 valence electrons. The van der Waals surface area contributed by atoms with Crippen molar-refractivity contribution in [3.05, 3.63) is 35.4 Å². The van der Waals surface area contributed by atoms with Gasteiger partial charge in [0.2, 0.25) is 0 Å². The molecule has 1 aliphatic carbocycles. The third-order valence-electron chi connectivity index (χ3n) is 4.44. The molecule has 23 heavy (non-hydrogen) atoms. The van der Waals surface area contributed by atoms with Crippen molar-refractivity contribution >= 4 is 11.8 Å². The third-order valence-corrected chi connectivity index (χ3v) is 4.44. The zero-order chi connectivity index (χ0) is 16.8. The lowest BCUT2D eigenvalue weighted by Crippen LogP contribution is -2.27. The number of ether oxygens (including phenoxy) is 1. The Morgan fingerprint density at radius 3 is 2.43 bits per heavy atom. The molecule has 0 saturated heterocycles. The zero-order valence-corrected chi connectivity index (χ0v) is 13.4. The molecule has 2 atom stereocenters. The summed E-state index contributed by atoms with van der Waals surface area (Å²) in [5, 5.41) is 17.9. The number of esters is 1. The van der Waals surface area contributed by atoms with Crippen LogP contribution in [0.4, 0.5) is 0 Å². The summed E-state index contributed by atoms with van der Waals surface area (Å²) in [6.07, 6.45) is 2.53. The van der Waals surface area contributed by atoms with Crippen LogP contribution in [0.25, 0.3) is 0 Å². The van der Waals surface area contributed by atoms with Gasteiger partial charge in [-0.1, -0.05) is 24.3 Å². The van der Waals surface area contributed by atoms with Crippen molar-refractivity contribution < 1.29 is 24.5 Å². The van der Waals surface area contributed by atoms with E-state index >= 15 is 0 Å². The molecule has 0 spiro atoms. The molecule has 1 unspecified atom stereocenters. The summed E-state index contributed by atoms with van der Waals surface area (Å²) < 4.78 is 5.03. The van der Waals surface area contributed by atoms with E-state index in [9.17, 15) is 9.59 Å². The van der Waals surface area contributed by atoms with Crippen molar-refractivity contribution in [3.63, 3.8) is 0 Å². The third kappa shape index (κ3) is 4.62. The molecule has 1 fully saturated rings. The average molecular weight is 320 g/mol. The fourth-order valence-corrected chi connectivity index (χ4v) is 2.87. The molecule has 5 heteroatoms. The molecule has 1 saturated carbocycles. The van der Waals surface area contributed by atoms with Crippen LogP contribution in [0.15, 0.2) is 24.3 Å². The molecule has 1 aromatic carbocycles. The van der Waals surface area contributed by atoms with Gasteiger partial charge in [0, 0.05) is 12.3 Å². The molecule has 5 nitrogen and oxygen atoms in total. The molecular formula is C18H24O5. The Morgan fingerprint density at radius 2 is 1.91 bits per heavy atom. The van der Waals surface area contributed by atoms with Crippen LogP contribution in [0.5, 0.6) is 0 Å². The number of carbonyl (C=O) groups excluding carboxylic acids is 2. The maximum absolute atomic E-state index is 12.0. The van der Waals surface area contributed by atoms with E-state index in [0.717, 1.165) is 30.4 Å². The molecule has 0 aromatic heterocycles. The van der Waals surface area contributed by atoms with Gasteiger partial charge < -0.3 is 14.9 Å².